The Morgan fingerprint density at radius 3 is 2.46 bits per heavy atom. The summed E-state index contributed by atoms with van der Waals surface area (Å²) in [5.41, 5.74) is 1.10. The average Bonchev–Trinajstić information content (AvgIpc) is 2.97. The highest BCUT2D eigenvalue weighted by Crippen LogP contribution is 2.13. The van der Waals surface area contributed by atoms with Crippen molar-refractivity contribution in [2.75, 3.05) is 11.1 Å². The van der Waals surface area contributed by atoms with Crippen molar-refractivity contribution < 1.29 is 14.0 Å². The molecule has 1 heterocycles. The molecule has 24 heavy (non-hydrogen) atoms. The van der Waals surface area contributed by atoms with Gasteiger partial charge in [-0.15, -0.1) is 0 Å². The van der Waals surface area contributed by atoms with E-state index in [1.807, 2.05) is 60.7 Å². The Kier molecular flexibility index (Phi) is 5.12. The van der Waals surface area contributed by atoms with E-state index in [0.29, 0.717) is 17.2 Å². The fourth-order valence-electron chi connectivity index (χ4n) is 2.12. The van der Waals surface area contributed by atoms with Crippen molar-refractivity contribution in [3.8, 4) is 5.69 Å². The van der Waals surface area contributed by atoms with E-state index < -0.39 is 5.63 Å². The van der Waals surface area contributed by atoms with Crippen LogP contribution in [0.5, 0.6) is 0 Å². The van der Waals surface area contributed by atoms with Gasteiger partial charge in [0.1, 0.15) is 0 Å². The van der Waals surface area contributed by atoms with E-state index in [9.17, 15) is 9.59 Å². The van der Waals surface area contributed by atoms with Crippen LogP contribution in [0.25, 0.3) is 5.69 Å². The number of amides is 1. The van der Waals surface area contributed by atoms with E-state index in [1.54, 1.807) is 4.68 Å². The molecule has 0 saturated carbocycles. The molecule has 0 fully saturated rings. The Morgan fingerprint density at radius 1 is 1.08 bits per heavy atom. The molecule has 0 spiro atoms. The molecule has 2 N–H and O–H groups in total. The summed E-state index contributed by atoms with van der Waals surface area (Å²) in [5, 5.41) is 5.80. The lowest BCUT2D eigenvalue weighted by molar-refractivity contribution is -0.704. The second-order valence-electron chi connectivity index (χ2n) is 4.97. The maximum absolute atomic E-state index is 11.9. The Labute approximate surface area is 142 Å². The van der Waals surface area contributed by atoms with Gasteiger partial charge >= 0.3 is 10.7 Å². The fourth-order valence-corrected chi connectivity index (χ4v) is 3.03. The van der Waals surface area contributed by atoms with Crippen LogP contribution in [-0.4, -0.2) is 16.9 Å². The Morgan fingerprint density at radius 2 is 1.75 bits per heavy atom. The molecule has 0 bridgehead atoms. The second kappa shape index (κ2) is 7.65. The quantitative estimate of drug-likeness (QED) is 0.532. The van der Waals surface area contributed by atoms with E-state index in [2.05, 4.69) is 10.6 Å². The minimum Gasteiger partial charge on any atom is -0.326 e. The lowest BCUT2D eigenvalue weighted by Crippen LogP contribution is -2.36. The lowest BCUT2D eigenvalue weighted by Gasteiger charge is -2.03. The van der Waals surface area contributed by atoms with Crippen molar-refractivity contribution in [2.24, 2.45) is 0 Å². The third-order valence-electron chi connectivity index (χ3n) is 3.25. The standard InChI is InChI=1S/C17H15N3O3S/c21-15(18-13-7-3-1-4-8-13)11-12-24-16-17(22)23-19-20(16)14-9-5-2-6-10-14/h1-10H,11-12H2,(H-,18,19,21,22)/p+1. The molecule has 2 aromatic carbocycles. The molecule has 122 valence electrons. The van der Waals surface area contributed by atoms with Gasteiger partial charge in [0.25, 0.3) is 0 Å². The lowest BCUT2D eigenvalue weighted by atomic mass is 10.3. The molecule has 0 atom stereocenters. The Hall–Kier alpha value is -2.80. The van der Waals surface area contributed by atoms with Gasteiger partial charge in [-0.1, -0.05) is 36.4 Å². The number of benzene rings is 2. The number of rotatable bonds is 6. The first-order chi connectivity index (χ1) is 11.7. The highest BCUT2D eigenvalue weighted by molar-refractivity contribution is 7.99. The van der Waals surface area contributed by atoms with Crippen LogP contribution < -0.4 is 15.6 Å². The summed E-state index contributed by atoms with van der Waals surface area (Å²) in [6, 6.07) is 18.6. The first-order valence-electron chi connectivity index (χ1n) is 7.41. The van der Waals surface area contributed by atoms with Crippen molar-refractivity contribution >= 4 is 23.4 Å². The summed E-state index contributed by atoms with van der Waals surface area (Å²) >= 11 is 1.28. The molecule has 0 aliphatic carbocycles. The number of nitrogens with zero attached hydrogens (tertiary/aromatic N) is 1. The first-order valence-corrected chi connectivity index (χ1v) is 8.39. The van der Waals surface area contributed by atoms with Gasteiger partial charge in [-0.25, -0.2) is 4.79 Å². The fraction of sp³-hybridized carbons (Fsp3) is 0.118. The summed E-state index contributed by atoms with van der Waals surface area (Å²) in [7, 11) is 0. The van der Waals surface area contributed by atoms with Crippen LogP contribution in [0.1, 0.15) is 6.42 Å². The molecule has 0 saturated heterocycles. The Bertz CT molecular complexity index is 860. The van der Waals surface area contributed by atoms with Crippen molar-refractivity contribution in [1.29, 1.82) is 0 Å². The number of aromatic amines is 1. The van der Waals surface area contributed by atoms with Crippen LogP contribution in [0.4, 0.5) is 5.69 Å². The predicted molar refractivity (Wildman–Crippen MR) is 91.3 cm³/mol. The summed E-state index contributed by atoms with van der Waals surface area (Å²) in [5.74, 6) is 0.369. The zero-order chi connectivity index (χ0) is 16.8. The molecular weight excluding hydrogens is 326 g/mol. The number of para-hydroxylation sites is 2. The highest BCUT2D eigenvalue weighted by atomic mass is 32.2. The number of hydrogen-bond donors (Lipinski definition) is 2. The summed E-state index contributed by atoms with van der Waals surface area (Å²) in [6.07, 6.45) is 0.291. The molecule has 3 rings (SSSR count). The molecule has 1 amide bonds. The molecule has 0 aliphatic heterocycles. The minimum absolute atomic E-state index is 0.0973. The van der Waals surface area contributed by atoms with Crippen LogP contribution in [0, 0.1) is 0 Å². The van der Waals surface area contributed by atoms with Gasteiger partial charge in [-0.3, -0.25) is 9.32 Å². The number of anilines is 1. The molecule has 0 unspecified atom stereocenters. The van der Waals surface area contributed by atoms with Crippen LogP contribution in [0.15, 0.2) is 75.0 Å². The zero-order valence-corrected chi connectivity index (χ0v) is 13.6. The largest absolute Gasteiger partial charge is 0.442 e. The summed E-state index contributed by atoms with van der Waals surface area (Å²) < 4.78 is 6.44. The molecule has 1 aromatic heterocycles. The van der Waals surface area contributed by atoms with Crippen molar-refractivity contribution in [2.45, 2.75) is 11.4 Å². The monoisotopic (exact) mass is 342 g/mol. The van der Waals surface area contributed by atoms with Crippen LogP contribution in [-0.2, 0) is 4.79 Å². The number of carbonyl (C=O) groups is 1. The number of carbonyl (C=O) groups excluding carboxylic acids is 1. The first kappa shape index (κ1) is 16.1. The van der Waals surface area contributed by atoms with Gasteiger partial charge in [0.2, 0.25) is 11.6 Å². The van der Waals surface area contributed by atoms with Gasteiger partial charge < -0.3 is 5.32 Å². The van der Waals surface area contributed by atoms with E-state index in [1.165, 1.54) is 11.8 Å². The molecule has 0 aliphatic rings. The van der Waals surface area contributed by atoms with Crippen LogP contribution >= 0.6 is 11.8 Å². The summed E-state index contributed by atoms with van der Waals surface area (Å²) in [4.78, 5) is 23.8. The molecule has 3 aromatic rings. The number of H-pyrrole nitrogens is 1. The number of thioether (sulfide) groups is 1. The normalized spacial score (nSPS) is 10.5. The van der Waals surface area contributed by atoms with E-state index >= 15 is 0 Å². The number of nitrogens with one attached hydrogen (secondary N) is 2. The van der Waals surface area contributed by atoms with Gasteiger partial charge in [-0.2, -0.15) is 0 Å². The molecule has 0 radical (unpaired) electrons. The van der Waals surface area contributed by atoms with Crippen LogP contribution in [0.3, 0.4) is 0 Å². The highest BCUT2D eigenvalue weighted by Gasteiger charge is 2.23. The second-order valence-corrected chi connectivity index (χ2v) is 6.05. The average molecular weight is 342 g/mol. The van der Waals surface area contributed by atoms with Gasteiger partial charge in [-0.05, 0) is 33.8 Å². The van der Waals surface area contributed by atoms with Crippen LogP contribution in [0.2, 0.25) is 0 Å². The molecule has 7 heteroatoms. The molecular formula is C17H16N3O3S+. The minimum atomic E-state index is -0.452. The third kappa shape index (κ3) is 3.94. The van der Waals surface area contributed by atoms with Gasteiger partial charge in [0.05, 0.1) is 0 Å². The van der Waals surface area contributed by atoms with Crippen molar-refractivity contribution in [1.82, 2.24) is 5.27 Å². The predicted octanol–water partition coefficient (Wildman–Crippen LogP) is 2.37. The van der Waals surface area contributed by atoms with Crippen molar-refractivity contribution in [3.63, 3.8) is 0 Å². The van der Waals surface area contributed by atoms with E-state index in [4.69, 9.17) is 4.52 Å². The third-order valence-corrected chi connectivity index (χ3v) is 4.28. The van der Waals surface area contributed by atoms with E-state index in [0.717, 1.165) is 11.4 Å². The topological polar surface area (TPSA) is 79.0 Å². The van der Waals surface area contributed by atoms with Crippen molar-refractivity contribution in [3.05, 3.63) is 71.1 Å². The summed E-state index contributed by atoms with van der Waals surface area (Å²) in [6.45, 7) is 0. The smallest absolute Gasteiger partial charge is 0.326 e. The maximum Gasteiger partial charge on any atom is 0.442 e. The maximum atomic E-state index is 11.9. The number of hydrogen-bond acceptors (Lipinski definition) is 4. The van der Waals surface area contributed by atoms with E-state index in [-0.39, 0.29) is 5.91 Å². The zero-order valence-electron chi connectivity index (χ0n) is 12.8. The Balaban J connectivity index is 1.60. The van der Waals surface area contributed by atoms with Gasteiger partial charge in [0.15, 0.2) is 0 Å². The SMILES string of the molecule is O=C(CCSc1c(=O)o[nH][n+]1-c1ccccc1)Nc1ccccc1. The molecule has 6 nitrogen and oxygen atoms in total. The number of aromatic nitrogens is 2. The van der Waals surface area contributed by atoms with Gasteiger partial charge in [0, 0.05) is 30.0 Å².